The number of hydrogen-bond acceptors (Lipinski definition) is 6. The zero-order chi connectivity index (χ0) is 16.4. The average Bonchev–Trinajstić information content (AvgIpc) is 2.81. The summed E-state index contributed by atoms with van der Waals surface area (Å²) in [5.41, 5.74) is -1.17. The van der Waals surface area contributed by atoms with Crippen molar-refractivity contribution in [2.75, 3.05) is 13.2 Å². The number of hydrogen-bond donors (Lipinski definition) is 1. The predicted molar refractivity (Wildman–Crippen MR) is 81.1 cm³/mol. The lowest BCUT2D eigenvalue weighted by atomic mass is 9.75. The first-order valence-electron chi connectivity index (χ1n) is 7.88. The molecule has 0 saturated heterocycles. The average molecular weight is 332 g/mol. The Morgan fingerprint density at radius 1 is 1.41 bits per heavy atom. The zero-order valence-electron chi connectivity index (χ0n) is 13.4. The molecular formula is C15H25O6P. The summed E-state index contributed by atoms with van der Waals surface area (Å²) in [6.45, 7) is 5.24. The van der Waals surface area contributed by atoms with E-state index in [0.29, 0.717) is 12.8 Å². The van der Waals surface area contributed by atoms with Gasteiger partial charge < -0.3 is 9.63 Å². The van der Waals surface area contributed by atoms with Crippen LogP contribution in [0.1, 0.15) is 46.5 Å². The van der Waals surface area contributed by atoms with E-state index in [2.05, 4.69) is 0 Å². The van der Waals surface area contributed by atoms with Crippen molar-refractivity contribution in [1.29, 1.82) is 0 Å². The maximum atomic E-state index is 12.6. The van der Waals surface area contributed by atoms with Crippen LogP contribution < -0.4 is 0 Å². The fourth-order valence-electron chi connectivity index (χ4n) is 3.32. The molecular weight excluding hydrogens is 307 g/mol. The number of carbonyl (C=O) groups excluding carboxylic acids is 1. The van der Waals surface area contributed by atoms with Gasteiger partial charge >= 0.3 is 7.82 Å². The van der Waals surface area contributed by atoms with Crippen molar-refractivity contribution in [3.8, 4) is 0 Å². The number of phosphoric ester groups is 1. The van der Waals surface area contributed by atoms with Crippen molar-refractivity contribution in [2.45, 2.75) is 52.1 Å². The molecule has 0 radical (unpaired) electrons. The second-order valence-electron chi connectivity index (χ2n) is 5.87. The Hall–Kier alpha value is -0.680. The molecule has 0 amide bonds. The first kappa shape index (κ1) is 17.7. The molecule has 0 unspecified atom stereocenters. The Morgan fingerprint density at radius 2 is 2.05 bits per heavy atom. The highest BCUT2D eigenvalue weighted by Crippen LogP contribution is 2.57. The van der Waals surface area contributed by atoms with Gasteiger partial charge in [-0.05, 0) is 58.4 Å². The van der Waals surface area contributed by atoms with Gasteiger partial charge in [-0.1, -0.05) is 0 Å². The second-order valence-corrected chi connectivity index (χ2v) is 7.46. The van der Waals surface area contributed by atoms with Gasteiger partial charge in [0.1, 0.15) is 17.1 Å². The molecule has 0 aromatic rings. The highest BCUT2D eigenvalue weighted by Gasteiger charge is 2.51. The van der Waals surface area contributed by atoms with E-state index in [9.17, 15) is 14.5 Å². The second kappa shape index (κ2) is 6.83. The molecule has 1 saturated carbocycles. The van der Waals surface area contributed by atoms with Gasteiger partial charge in [-0.15, -0.1) is 0 Å². The number of aliphatic hydroxyl groups is 1. The first-order chi connectivity index (χ1) is 10.3. The number of fused-ring (bicyclic) bond motifs is 1. The molecule has 2 rings (SSSR count). The van der Waals surface area contributed by atoms with Crippen LogP contribution in [0, 0.1) is 11.8 Å². The molecule has 0 aromatic heterocycles. The highest BCUT2D eigenvalue weighted by molar-refractivity contribution is 7.48. The van der Waals surface area contributed by atoms with E-state index in [1.54, 1.807) is 19.9 Å². The number of rotatable bonds is 7. The smallest absolute Gasteiger partial charge is 0.406 e. The van der Waals surface area contributed by atoms with Gasteiger partial charge in [0, 0.05) is 5.92 Å². The number of allylic oxidation sites excluding steroid dienone is 1. The third-order valence-electron chi connectivity index (χ3n) is 4.41. The number of phosphoric acid groups is 1. The SMILES string of the molecule is CCOP(=O)(OCC)OC1=C[C@@H](C(C)=O)C[C@H]2CCC[C@]12O. The van der Waals surface area contributed by atoms with Crippen LogP contribution in [0.5, 0.6) is 0 Å². The maximum Gasteiger partial charge on any atom is 0.529 e. The van der Waals surface area contributed by atoms with Gasteiger partial charge in [-0.3, -0.25) is 13.8 Å². The van der Waals surface area contributed by atoms with Crippen molar-refractivity contribution < 1.29 is 28.0 Å². The largest absolute Gasteiger partial charge is 0.529 e. The summed E-state index contributed by atoms with van der Waals surface area (Å²) in [6.07, 6.45) is 4.40. The van der Waals surface area contributed by atoms with Crippen molar-refractivity contribution in [3.05, 3.63) is 11.8 Å². The lowest BCUT2D eigenvalue weighted by molar-refractivity contribution is -0.121. The van der Waals surface area contributed by atoms with Crippen molar-refractivity contribution in [3.63, 3.8) is 0 Å². The third-order valence-corrected chi connectivity index (χ3v) is 5.98. The minimum absolute atomic E-state index is 0.0118. The van der Waals surface area contributed by atoms with Gasteiger partial charge in [0.15, 0.2) is 0 Å². The molecule has 1 fully saturated rings. The normalized spacial score (nSPS) is 31.5. The Kier molecular flexibility index (Phi) is 5.49. The molecule has 22 heavy (non-hydrogen) atoms. The third kappa shape index (κ3) is 3.46. The van der Waals surface area contributed by atoms with Gasteiger partial charge in [-0.2, -0.15) is 0 Å². The van der Waals surface area contributed by atoms with Crippen LogP contribution in [0.25, 0.3) is 0 Å². The van der Waals surface area contributed by atoms with Crippen LogP contribution in [0.15, 0.2) is 11.8 Å². The van der Waals surface area contributed by atoms with E-state index in [4.69, 9.17) is 13.6 Å². The highest BCUT2D eigenvalue weighted by atomic mass is 31.2. The molecule has 0 spiro atoms. The van der Waals surface area contributed by atoms with Gasteiger partial charge in [0.25, 0.3) is 0 Å². The molecule has 0 bridgehead atoms. The first-order valence-corrected chi connectivity index (χ1v) is 9.34. The fourth-order valence-corrected chi connectivity index (χ4v) is 4.59. The van der Waals surface area contributed by atoms with Crippen LogP contribution in [-0.2, 0) is 22.9 Å². The van der Waals surface area contributed by atoms with E-state index in [1.807, 2.05) is 0 Å². The topological polar surface area (TPSA) is 82.1 Å². The minimum Gasteiger partial charge on any atom is -0.406 e. The summed E-state index contributed by atoms with van der Waals surface area (Å²) in [4.78, 5) is 11.7. The number of Topliss-reactive ketones (excluding diaryl/α,β-unsaturated/α-hetero) is 1. The van der Waals surface area contributed by atoms with E-state index in [0.717, 1.165) is 12.8 Å². The van der Waals surface area contributed by atoms with Crippen LogP contribution in [0.4, 0.5) is 0 Å². The molecule has 3 atom stereocenters. The molecule has 2 aliphatic carbocycles. The lowest BCUT2D eigenvalue weighted by Crippen LogP contribution is -2.41. The Bertz CT molecular complexity index is 492. The van der Waals surface area contributed by atoms with Gasteiger partial charge in [-0.25, -0.2) is 4.57 Å². The predicted octanol–water partition coefficient (Wildman–Crippen LogP) is 3.21. The summed E-state index contributed by atoms with van der Waals surface area (Å²) >= 11 is 0. The van der Waals surface area contributed by atoms with E-state index < -0.39 is 13.4 Å². The maximum absolute atomic E-state index is 12.6. The quantitative estimate of drug-likeness (QED) is 0.721. The molecule has 0 aliphatic heterocycles. The molecule has 1 N–H and O–H groups in total. The van der Waals surface area contributed by atoms with Crippen molar-refractivity contribution >= 4 is 13.6 Å². The lowest BCUT2D eigenvalue weighted by Gasteiger charge is -2.38. The standard InChI is InChI=1S/C15H25O6P/c1-4-19-22(18,20-5-2)21-14-10-12(11(3)16)9-13-7-6-8-15(13,14)17/h10,12-13,17H,4-9H2,1-3H3/t12-,13+,15+/m0/s1. The van der Waals surface area contributed by atoms with Crippen LogP contribution in [-0.4, -0.2) is 29.7 Å². The Morgan fingerprint density at radius 3 is 2.59 bits per heavy atom. The molecule has 0 aromatic carbocycles. The van der Waals surface area contributed by atoms with E-state index in [-0.39, 0.29) is 36.6 Å². The van der Waals surface area contributed by atoms with Gasteiger partial charge in [0.05, 0.1) is 13.2 Å². The number of carbonyl (C=O) groups is 1. The van der Waals surface area contributed by atoms with E-state index >= 15 is 0 Å². The summed E-state index contributed by atoms with van der Waals surface area (Å²) in [7, 11) is -3.78. The monoisotopic (exact) mass is 332 g/mol. The van der Waals surface area contributed by atoms with Gasteiger partial charge in [0.2, 0.25) is 0 Å². The molecule has 2 aliphatic rings. The molecule has 126 valence electrons. The van der Waals surface area contributed by atoms with Crippen LogP contribution >= 0.6 is 7.82 Å². The number of ketones is 1. The molecule has 7 heteroatoms. The Balaban J connectivity index is 2.31. The summed E-state index contributed by atoms with van der Waals surface area (Å²) in [5, 5.41) is 10.9. The minimum atomic E-state index is -3.78. The zero-order valence-corrected chi connectivity index (χ0v) is 14.3. The van der Waals surface area contributed by atoms with Crippen LogP contribution in [0.3, 0.4) is 0 Å². The summed E-state index contributed by atoms with van der Waals surface area (Å²) in [5.74, 6) is -0.197. The van der Waals surface area contributed by atoms with Crippen molar-refractivity contribution in [2.24, 2.45) is 11.8 Å². The summed E-state index contributed by atoms with van der Waals surface area (Å²) < 4.78 is 28.4. The molecule has 6 nitrogen and oxygen atoms in total. The van der Waals surface area contributed by atoms with Crippen LogP contribution in [0.2, 0.25) is 0 Å². The van der Waals surface area contributed by atoms with E-state index in [1.165, 1.54) is 6.92 Å². The summed E-state index contributed by atoms with van der Waals surface area (Å²) in [6, 6.07) is 0. The Labute approximate surface area is 131 Å². The fraction of sp³-hybridized carbons (Fsp3) is 0.800. The van der Waals surface area contributed by atoms with Crippen molar-refractivity contribution in [1.82, 2.24) is 0 Å². The molecule has 0 heterocycles.